The van der Waals surface area contributed by atoms with Gasteiger partial charge in [-0.1, -0.05) is 48.3 Å². The molecule has 2 aromatic carbocycles. The van der Waals surface area contributed by atoms with Crippen LogP contribution in [-0.4, -0.2) is 62.7 Å². The van der Waals surface area contributed by atoms with Crippen LogP contribution in [0.2, 0.25) is 10.0 Å². The Morgan fingerprint density at radius 1 is 1.09 bits per heavy atom. The van der Waals surface area contributed by atoms with E-state index >= 15 is 0 Å². The highest BCUT2D eigenvalue weighted by Gasteiger charge is 2.33. The van der Waals surface area contributed by atoms with E-state index in [4.69, 9.17) is 23.2 Å². The van der Waals surface area contributed by atoms with Crippen LogP contribution in [0.1, 0.15) is 25.8 Å². The fourth-order valence-electron chi connectivity index (χ4n) is 3.17. The zero-order chi connectivity index (χ0) is 26.3. The summed E-state index contributed by atoms with van der Waals surface area (Å²) in [7, 11) is -1.69. The van der Waals surface area contributed by atoms with Crippen molar-refractivity contribution in [2.75, 3.05) is 31.5 Å². The second-order valence-corrected chi connectivity index (χ2v) is 10.9. The number of nitrogens with one attached hydrogen (secondary N) is 1. The molecule has 192 valence electrons. The van der Waals surface area contributed by atoms with Gasteiger partial charge in [0.1, 0.15) is 18.4 Å². The minimum Gasteiger partial charge on any atom is -0.354 e. The second kappa shape index (κ2) is 12.5. The van der Waals surface area contributed by atoms with Gasteiger partial charge in [-0.3, -0.25) is 9.59 Å². The van der Waals surface area contributed by atoms with E-state index in [-0.39, 0.29) is 17.3 Å². The average molecular weight is 547 g/mol. The van der Waals surface area contributed by atoms with Crippen molar-refractivity contribution in [2.24, 2.45) is 0 Å². The van der Waals surface area contributed by atoms with E-state index in [2.05, 4.69) is 5.32 Å². The predicted molar refractivity (Wildman–Crippen MR) is 136 cm³/mol. The Kier molecular flexibility index (Phi) is 10.3. The van der Waals surface area contributed by atoms with Crippen LogP contribution in [0.3, 0.4) is 0 Å². The van der Waals surface area contributed by atoms with Gasteiger partial charge in [-0.2, -0.15) is 12.7 Å². The van der Waals surface area contributed by atoms with Crippen molar-refractivity contribution >= 4 is 50.9 Å². The molecule has 1 N–H and O–H groups in total. The summed E-state index contributed by atoms with van der Waals surface area (Å²) in [5.74, 6) is -1.92. The first-order chi connectivity index (χ1) is 16.4. The molecule has 0 aliphatic rings. The van der Waals surface area contributed by atoms with Crippen LogP contribution < -0.4 is 9.62 Å². The van der Waals surface area contributed by atoms with Gasteiger partial charge >= 0.3 is 10.2 Å². The Morgan fingerprint density at radius 3 is 2.31 bits per heavy atom. The van der Waals surface area contributed by atoms with Crippen LogP contribution in [0.25, 0.3) is 0 Å². The number of benzene rings is 2. The lowest BCUT2D eigenvalue weighted by molar-refractivity contribution is -0.139. The third kappa shape index (κ3) is 7.30. The molecule has 2 amide bonds. The van der Waals surface area contributed by atoms with Crippen molar-refractivity contribution in [2.45, 2.75) is 32.9 Å². The number of hydrogen-bond acceptors (Lipinski definition) is 4. The summed E-state index contributed by atoms with van der Waals surface area (Å²) < 4.78 is 42.2. The summed E-state index contributed by atoms with van der Waals surface area (Å²) in [6.07, 6.45) is 0.696. The predicted octanol–water partition coefficient (Wildman–Crippen LogP) is 3.69. The van der Waals surface area contributed by atoms with E-state index in [1.165, 1.54) is 44.1 Å². The number of anilines is 1. The van der Waals surface area contributed by atoms with Gasteiger partial charge < -0.3 is 10.2 Å². The lowest BCUT2D eigenvalue weighted by Crippen LogP contribution is -2.52. The van der Waals surface area contributed by atoms with Crippen LogP contribution in [0.15, 0.2) is 42.5 Å². The van der Waals surface area contributed by atoms with Gasteiger partial charge in [-0.15, -0.1) is 0 Å². The first kappa shape index (κ1) is 28.8. The van der Waals surface area contributed by atoms with Crippen LogP contribution in [0.5, 0.6) is 0 Å². The van der Waals surface area contributed by atoms with Crippen molar-refractivity contribution in [3.8, 4) is 0 Å². The van der Waals surface area contributed by atoms with E-state index in [0.29, 0.717) is 27.9 Å². The van der Waals surface area contributed by atoms with Crippen LogP contribution in [0, 0.1) is 5.82 Å². The van der Waals surface area contributed by atoms with Crippen molar-refractivity contribution in [1.82, 2.24) is 14.5 Å². The molecule has 1 unspecified atom stereocenters. The molecule has 0 radical (unpaired) electrons. The van der Waals surface area contributed by atoms with Crippen molar-refractivity contribution in [3.63, 3.8) is 0 Å². The summed E-state index contributed by atoms with van der Waals surface area (Å²) in [6.45, 7) is 3.06. The molecule has 8 nitrogen and oxygen atoms in total. The van der Waals surface area contributed by atoms with Crippen molar-refractivity contribution in [3.05, 3.63) is 63.9 Å². The Balaban J connectivity index is 2.47. The van der Waals surface area contributed by atoms with Crippen LogP contribution in [0.4, 0.5) is 10.1 Å². The normalized spacial score (nSPS) is 12.3. The highest BCUT2D eigenvalue weighted by atomic mass is 35.5. The molecule has 12 heteroatoms. The zero-order valence-electron chi connectivity index (χ0n) is 20.0. The number of hydrogen-bond donors (Lipinski definition) is 1. The number of nitrogens with zero attached hydrogens (tertiary/aromatic N) is 3. The standard InChI is InChI=1S/C23H29Cl2FN4O4S/c1-5-12-27-23(32)16(2)29(14-17-10-11-18(24)19(25)13-17)22(31)15-30(35(33,34)28(3)4)21-9-7-6-8-20(21)26/h6-11,13,16H,5,12,14-15H2,1-4H3,(H,27,32). The third-order valence-electron chi connectivity index (χ3n) is 5.19. The van der Waals surface area contributed by atoms with E-state index in [0.717, 1.165) is 10.4 Å². The molecule has 0 aliphatic heterocycles. The molecular formula is C23H29Cl2FN4O4S. The molecule has 0 spiro atoms. The Hall–Kier alpha value is -2.40. The highest BCUT2D eigenvalue weighted by molar-refractivity contribution is 7.90. The SMILES string of the molecule is CCCNC(=O)C(C)N(Cc1ccc(Cl)c(Cl)c1)C(=O)CN(c1ccccc1F)S(=O)(=O)N(C)C. The van der Waals surface area contributed by atoms with E-state index in [1.54, 1.807) is 18.2 Å². The summed E-state index contributed by atoms with van der Waals surface area (Å²) in [6, 6.07) is 9.07. The lowest BCUT2D eigenvalue weighted by atomic mass is 10.1. The summed E-state index contributed by atoms with van der Waals surface area (Å²) in [4.78, 5) is 27.5. The largest absolute Gasteiger partial charge is 0.354 e. The summed E-state index contributed by atoms with van der Waals surface area (Å²) >= 11 is 12.1. The number of para-hydroxylation sites is 1. The topological polar surface area (TPSA) is 90.0 Å². The van der Waals surface area contributed by atoms with Gasteiger partial charge in [-0.05, 0) is 43.2 Å². The molecule has 1 atom stereocenters. The van der Waals surface area contributed by atoms with E-state index in [1.807, 2.05) is 6.92 Å². The Bertz CT molecular complexity index is 1160. The van der Waals surface area contributed by atoms with Crippen molar-refractivity contribution in [1.29, 1.82) is 0 Å². The molecule has 0 heterocycles. The average Bonchev–Trinajstić information content (AvgIpc) is 2.81. The van der Waals surface area contributed by atoms with Gasteiger partial charge in [0.2, 0.25) is 11.8 Å². The summed E-state index contributed by atoms with van der Waals surface area (Å²) in [5, 5.41) is 3.33. The summed E-state index contributed by atoms with van der Waals surface area (Å²) in [5.41, 5.74) is 0.294. The lowest BCUT2D eigenvalue weighted by Gasteiger charge is -2.33. The van der Waals surface area contributed by atoms with Crippen LogP contribution in [-0.2, 0) is 26.3 Å². The first-order valence-corrected chi connectivity index (χ1v) is 13.0. The quantitative estimate of drug-likeness (QED) is 0.465. The third-order valence-corrected chi connectivity index (χ3v) is 7.74. The molecule has 0 aromatic heterocycles. The Labute approximate surface area is 215 Å². The van der Waals surface area contributed by atoms with Gasteiger partial charge in [0.15, 0.2) is 0 Å². The smallest absolute Gasteiger partial charge is 0.304 e. The number of amides is 2. The van der Waals surface area contributed by atoms with Gasteiger partial charge in [0, 0.05) is 27.2 Å². The molecule has 0 aliphatic carbocycles. The molecule has 35 heavy (non-hydrogen) atoms. The maximum Gasteiger partial charge on any atom is 0.304 e. The molecule has 2 aromatic rings. The zero-order valence-corrected chi connectivity index (χ0v) is 22.3. The maximum absolute atomic E-state index is 14.6. The van der Waals surface area contributed by atoms with Gasteiger partial charge in [0.05, 0.1) is 15.7 Å². The fourth-order valence-corrected chi connectivity index (χ4v) is 4.55. The molecular weight excluding hydrogens is 518 g/mol. The van der Waals surface area contributed by atoms with E-state index < -0.39 is 40.4 Å². The molecule has 0 bridgehead atoms. The molecule has 0 saturated heterocycles. The number of halogens is 3. The molecule has 0 fully saturated rings. The molecule has 0 saturated carbocycles. The van der Waals surface area contributed by atoms with Crippen LogP contribution >= 0.6 is 23.2 Å². The van der Waals surface area contributed by atoms with E-state index in [9.17, 15) is 22.4 Å². The number of carbonyl (C=O) groups excluding carboxylic acids is 2. The minimum absolute atomic E-state index is 0.0520. The molecule has 2 rings (SSSR count). The Morgan fingerprint density at radius 2 is 1.74 bits per heavy atom. The van der Waals surface area contributed by atoms with Gasteiger partial charge in [0.25, 0.3) is 0 Å². The van der Waals surface area contributed by atoms with Gasteiger partial charge in [-0.25, -0.2) is 8.70 Å². The monoisotopic (exact) mass is 546 g/mol. The number of rotatable bonds is 11. The second-order valence-electron chi connectivity index (χ2n) is 7.99. The highest BCUT2D eigenvalue weighted by Crippen LogP contribution is 2.26. The number of carbonyl (C=O) groups is 2. The first-order valence-electron chi connectivity index (χ1n) is 10.9. The fraction of sp³-hybridized carbons (Fsp3) is 0.391. The minimum atomic E-state index is -4.25. The maximum atomic E-state index is 14.6. The van der Waals surface area contributed by atoms with Crippen molar-refractivity contribution < 1.29 is 22.4 Å².